The molecule has 0 amide bonds. The maximum absolute atomic E-state index is 12.2. The van der Waals surface area contributed by atoms with Crippen molar-refractivity contribution in [2.45, 2.75) is 26.2 Å². The van der Waals surface area contributed by atoms with Gasteiger partial charge in [0.25, 0.3) is 6.08 Å². The number of allylic oxidation sites excluding steroid dienone is 1. The summed E-state index contributed by atoms with van der Waals surface area (Å²) in [7, 11) is 0. The fourth-order valence-electron chi connectivity index (χ4n) is 1.58. The third kappa shape index (κ3) is 2.66. The molecule has 0 aliphatic carbocycles. The quantitative estimate of drug-likeness (QED) is 0.677. The Bertz CT molecular complexity index is 325. The Morgan fingerprint density at radius 2 is 2.00 bits per heavy atom. The Labute approximate surface area is 83.3 Å². The van der Waals surface area contributed by atoms with Gasteiger partial charge in [-0.3, -0.25) is 0 Å². The van der Waals surface area contributed by atoms with Crippen LogP contribution in [0.4, 0.5) is 8.78 Å². The van der Waals surface area contributed by atoms with E-state index in [-0.39, 0.29) is 5.92 Å². The van der Waals surface area contributed by atoms with Crippen LogP contribution in [0, 0.1) is 6.92 Å². The molecular formula is C12H14F2. The summed E-state index contributed by atoms with van der Waals surface area (Å²) < 4.78 is 24.3. The number of rotatable bonds is 3. The Kier molecular flexibility index (Phi) is 3.81. The monoisotopic (exact) mass is 196 g/mol. The summed E-state index contributed by atoms with van der Waals surface area (Å²) in [4.78, 5) is 0. The van der Waals surface area contributed by atoms with Crippen LogP contribution in [-0.4, -0.2) is 0 Å². The van der Waals surface area contributed by atoms with Gasteiger partial charge in [-0.25, -0.2) is 0 Å². The topological polar surface area (TPSA) is 0 Å². The van der Waals surface area contributed by atoms with Gasteiger partial charge in [0.05, 0.1) is 0 Å². The van der Waals surface area contributed by atoms with E-state index in [1.54, 1.807) is 0 Å². The fraction of sp³-hybridized carbons (Fsp3) is 0.333. The lowest BCUT2D eigenvalue weighted by Crippen LogP contribution is -1.96. The molecule has 1 atom stereocenters. The Morgan fingerprint density at radius 1 is 1.36 bits per heavy atom. The highest BCUT2D eigenvalue weighted by molar-refractivity contribution is 5.31. The van der Waals surface area contributed by atoms with Crippen molar-refractivity contribution in [3.63, 3.8) is 0 Å². The molecule has 0 nitrogen and oxygen atoms in total. The predicted octanol–water partition coefficient (Wildman–Crippen LogP) is 4.27. The molecule has 0 bridgehead atoms. The smallest absolute Gasteiger partial charge is 0.174 e. The average Bonchev–Trinajstić information content (AvgIpc) is 2.15. The zero-order valence-corrected chi connectivity index (χ0v) is 8.43. The number of hydrogen-bond acceptors (Lipinski definition) is 0. The lowest BCUT2D eigenvalue weighted by atomic mass is 9.93. The van der Waals surface area contributed by atoms with Crippen molar-refractivity contribution in [2.24, 2.45) is 0 Å². The van der Waals surface area contributed by atoms with Crippen LogP contribution in [0.5, 0.6) is 0 Å². The third-order valence-electron chi connectivity index (χ3n) is 2.35. The average molecular weight is 196 g/mol. The Balaban J connectivity index is 3.01. The number of hydrogen-bond donors (Lipinski definition) is 0. The van der Waals surface area contributed by atoms with Crippen molar-refractivity contribution >= 4 is 0 Å². The fourth-order valence-corrected chi connectivity index (χ4v) is 1.58. The van der Waals surface area contributed by atoms with Gasteiger partial charge in [0.15, 0.2) is 0 Å². The molecule has 0 aromatic heterocycles. The summed E-state index contributed by atoms with van der Waals surface area (Å²) in [5, 5.41) is 0. The van der Waals surface area contributed by atoms with Gasteiger partial charge in [-0.2, -0.15) is 8.78 Å². The molecule has 0 aliphatic heterocycles. The number of aryl methyl sites for hydroxylation is 1. The molecule has 0 heterocycles. The minimum Gasteiger partial charge on any atom is -0.174 e. The first-order valence-electron chi connectivity index (χ1n) is 4.73. The third-order valence-corrected chi connectivity index (χ3v) is 2.35. The van der Waals surface area contributed by atoms with Crippen molar-refractivity contribution in [3.05, 3.63) is 47.5 Å². The minimum atomic E-state index is -1.60. The zero-order chi connectivity index (χ0) is 10.6. The molecule has 1 aromatic carbocycles. The van der Waals surface area contributed by atoms with Crippen molar-refractivity contribution < 1.29 is 8.78 Å². The summed E-state index contributed by atoms with van der Waals surface area (Å²) >= 11 is 0. The van der Waals surface area contributed by atoms with E-state index in [0.717, 1.165) is 17.2 Å². The first-order chi connectivity index (χ1) is 6.65. The SMILES string of the molecule is CC[C@H](C=C(F)F)c1ccccc1C. The highest BCUT2D eigenvalue weighted by Gasteiger charge is 2.09. The normalized spacial score (nSPS) is 12.3. The molecule has 0 spiro atoms. The molecular weight excluding hydrogens is 182 g/mol. The molecule has 0 N–H and O–H groups in total. The van der Waals surface area contributed by atoms with Crippen molar-refractivity contribution in [1.29, 1.82) is 0 Å². The van der Waals surface area contributed by atoms with Gasteiger partial charge in [-0.15, -0.1) is 0 Å². The standard InChI is InChI=1S/C12H14F2/c1-3-10(8-12(13)14)11-7-5-4-6-9(11)2/h4-8,10H,3H2,1-2H3/t10-/m1/s1. The largest absolute Gasteiger partial charge is 0.266 e. The summed E-state index contributed by atoms with van der Waals surface area (Å²) in [5.41, 5.74) is 2.06. The molecule has 1 rings (SSSR count). The van der Waals surface area contributed by atoms with E-state index < -0.39 is 6.08 Å². The van der Waals surface area contributed by atoms with Crippen molar-refractivity contribution in [3.8, 4) is 0 Å². The maximum Gasteiger partial charge on any atom is 0.266 e. The Hall–Kier alpha value is -1.18. The van der Waals surface area contributed by atoms with E-state index in [0.29, 0.717) is 6.42 Å². The first kappa shape index (κ1) is 10.9. The van der Waals surface area contributed by atoms with Gasteiger partial charge >= 0.3 is 0 Å². The summed E-state index contributed by atoms with van der Waals surface area (Å²) in [5.74, 6) is -0.166. The molecule has 0 aliphatic rings. The van der Waals surface area contributed by atoms with Crippen LogP contribution in [0.25, 0.3) is 0 Å². The molecule has 0 radical (unpaired) electrons. The Morgan fingerprint density at radius 3 is 2.50 bits per heavy atom. The van der Waals surface area contributed by atoms with E-state index in [2.05, 4.69) is 0 Å². The van der Waals surface area contributed by atoms with Gasteiger partial charge < -0.3 is 0 Å². The van der Waals surface area contributed by atoms with E-state index in [9.17, 15) is 8.78 Å². The van der Waals surface area contributed by atoms with Crippen LogP contribution in [-0.2, 0) is 0 Å². The first-order valence-corrected chi connectivity index (χ1v) is 4.73. The molecule has 2 heteroatoms. The highest BCUT2D eigenvalue weighted by Crippen LogP contribution is 2.25. The summed E-state index contributed by atoms with van der Waals surface area (Å²) in [6.45, 7) is 3.86. The van der Waals surface area contributed by atoms with Gasteiger partial charge in [0.2, 0.25) is 0 Å². The van der Waals surface area contributed by atoms with Crippen LogP contribution in [0.3, 0.4) is 0 Å². The maximum atomic E-state index is 12.2. The van der Waals surface area contributed by atoms with Crippen LogP contribution >= 0.6 is 0 Å². The van der Waals surface area contributed by atoms with Gasteiger partial charge in [0, 0.05) is 5.92 Å². The highest BCUT2D eigenvalue weighted by atomic mass is 19.3. The van der Waals surface area contributed by atoms with Crippen molar-refractivity contribution in [1.82, 2.24) is 0 Å². The second kappa shape index (κ2) is 4.89. The van der Waals surface area contributed by atoms with E-state index in [1.807, 2.05) is 38.1 Å². The summed E-state index contributed by atoms with van der Waals surface area (Å²) in [6, 6.07) is 7.65. The van der Waals surface area contributed by atoms with Crippen LogP contribution in [0.15, 0.2) is 36.4 Å². The van der Waals surface area contributed by atoms with Crippen LogP contribution in [0.1, 0.15) is 30.4 Å². The van der Waals surface area contributed by atoms with Crippen molar-refractivity contribution in [2.75, 3.05) is 0 Å². The van der Waals surface area contributed by atoms with Gasteiger partial charge in [0.1, 0.15) is 0 Å². The van der Waals surface area contributed by atoms with Gasteiger partial charge in [-0.1, -0.05) is 31.2 Å². The molecule has 76 valence electrons. The van der Waals surface area contributed by atoms with E-state index in [4.69, 9.17) is 0 Å². The van der Waals surface area contributed by atoms with E-state index >= 15 is 0 Å². The predicted molar refractivity (Wildman–Crippen MR) is 54.5 cm³/mol. The molecule has 0 saturated heterocycles. The molecule has 1 aromatic rings. The summed E-state index contributed by atoms with van der Waals surface area (Å²) in [6.07, 6.45) is 0.130. The van der Waals surface area contributed by atoms with E-state index in [1.165, 1.54) is 0 Å². The molecule has 14 heavy (non-hydrogen) atoms. The van der Waals surface area contributed by atoms with Gasteiger partial charge in [-0.05, 0) is 30.5 Å². The molecule has 0 unspecified atom stereocenters. The number of benzene rings is 1. The second-order valence-corrected chi connectivity index (χ2v) is 3.33. The second-order valence-electron chi connectivity index (χ2n) is 3.33. The number of halogens is 2. The minimum absolute atomic E-state index is 0.166. The van der Waals surface area contributed by atoms with Crippen LogP contribution in [0.2, 0.25) is 0 Å². The van der Waals surface area contributed by atoms with Crippen LogP contribution < -0.4 is 0 Å². The lowest BCUT2D eigenvalue weighted by Gasteiger charge is -2.12. The zero-order valence-electron chi connectivity index (χ0n) is 8.43. The molecule has 0 fully saturated rings. The molecule has 0 saturated carbocycles. The lowest BCUT2D eigenvalue weighted by molar-refractivity contribution is 0.414.